The average Bonchev–Trinajstić information content (AvgIpc) is 2.36. The van der Waals surface area contributed by atoms with E-state index in [1.165, 1.54) is 5.56 Å². The summed E-state index contributed by atoms with van der Waals surface area (Å²) in [5, 5.41) is 13.8. The van der Waals surface area contributed by atoms with Gasteiger partial charge in [0.05, 0.1) is 12.7 Å². The molecule has 0 amide bonds. The van der Waals surface area contributed by atoms with E-state index in [0.29, 0.717) is 25.0 Å². The van der Waals surface area contributed by atoms with Gasteiger partial charge in [0.2, 0.25) is 0 Å². The maximum absolute atomic E-state index is 10.3. The fourth-order valence-corrected chi connectivity index (χ4v) is 3.03. The molecule has 1 saturated carbocycles. The van der Waals surface area contributed by atoms with Crippen molar-refractivity contribution in [2.45, 2.75) is 37.3 Å². The molecule has 1 aliphatic carbocycles. The second kappa shape index (κ2) is 6.77. The highest BCUT2D eigenvalue weighted by atomic mass is 16.5. The smallest absolute Gasteiger partial charge is 0.118 e. The number of benzene rings is 1. The first kappa shape index (κ1) is 16.3. The van der Waals surface area contributed by atoms with Crippen molar-refractivity contribution in [1.29, 1.82) is 0 Å². The zero-order valence-corrected chi connectivity index (χ0v) is 13.6. The van der Waals surface area contributed by atoms with E-state index in [1.807, 2.05) is 38.1 Å². The van der Waals surface area contributed by atoms with Crippen LogP contribution < -0.4 is 10.1 Å². The quantitative estimate of drug-likeness (QED) is 0.805. The Labute approximate surface area is 128 Å². The lowest BCUT2D eigenvalue weighted by Gasteiger charge is -2.38. The molecule has 2 N–H and O–H groups in total. The lowest BCUT2D eigenvalue weighted by molar-refractivity contribution is 0.0277. The van der Waals surface area contributed by atoms with Crippen LogP contribution in [0.5, 0.6) is 5.75 Å². The normalized spacial score (nSPS) is 24.5. The Morgan fingerprint density at radius 2 is 1.90 bits per heavy atom. The Kier molecular flexibility index (Phi) is 5.25. The molecule has 4 heteroatoms. The summed E-state index contributed by atoms with van der Waals surface area (Å²) in [5.41, 5.74) is 0.711. The molecule has 2 rings (SSSR count). The predicted molar refractivity (Wildman–Crippen MR) is 85.9 cm³/mol. The summed E-state index contributed by atoms with van der Waals surface area (Å²) < 4.78 is 5.19. The summed E-state index contributed by atoms with van der Waals surface area (Å²) in [6.45, 7) is 3.21. The number of rotatable bonds is 7. The van der Waals surface area contributed by atoms with Crippen molar-refractivity contribution in [3.05, 3.63) is 29.8 Å². The zero-order chi connectivity index (χ0) is 15.5. The molecule has 0 radical (unpaired) electrons. The molecule has 0 aromatic heterocycles. The summed E-state index contributed by atoms with van der Waals surface area (Å²) in [6.07, 6.45) is 2.29. The number of aliphatic hydroxyl groups is 1. The van der Waals surface area contributed by atoms with Gasteiger partial charge >= 0.3 is 0 Å². The van der Waals surface area contributed by atoms with Crippen molar-refractivity contribution in [3.8, 4) is 5.75 Å². The van der Waals surface area contributed by atoms with Crippen LogP contribution in [0.3, 0.4) is 0 Å². The van der Waals surface area contributed by atoms with Gasteiger partial charge in [0.25, 0.3) is 0 Å². The van der Waals surface area contributed by atoms with Crippen molar-refractivity contribution in [2.24, 2.45) is 0 Å². The number of nitrogens with one attached hydrogen (secondary N) is 1. The molecule has 1 unspecified atom stereocenters. The minimum Gasteiger partial charge on any atom is -0.497 e. The number of nitrogens with zero attached hydrogens (tertiary/aromatic N) is 1. The van der Waals surface area contributed by atoms with Gasteiger partial charge in [0, 0.05) is 19.1 Å². The molecule has 0 spiro atoms. The van der Waals surface area contributed by atoms with E-state index in [4.69, 9.17) is 4.74 Å². The zero-order valence-electron chi connectivity index (χ0n) is 13.6. The molecule has 0 bridgehead atoms. The van der Waals surface area contributed by atoms with Gasteiger partial charge in [0.1, 0.15) is 5.75 Å². The van der Waals surface area contributed by atoms with Gasteiger partial charge in [-0.25, -0.2) is 0 Å². The number of methoxy groups -OCH3 is 1. The minimum absolute atomic E-state index is 0.519. The standard InChI is InChI=1S/C17H28N2O2/c1-17(20,12-19(2)3)11-18-15-9-14(10-15)13-5-7-16(21-4)8-6-13/h5-8,14-15,18,20H,9-12H2,1-4H3. The lowest BCUT2D eigenvalue weighted by Crippen LogP contribution is -2.50. The van der Waals surface area contributed by atoms with Crippen LogP contribution in [0.15, 0.2) is 24.3 Å². The minimum atomic E-state index is -0.672. The molecule has 1 aromatic rings. The molecule has 0 aliphatic heterocycles. The highest BCUT2D eigenvalue weighted by Crippen LogP contribution is 2.37. The molecule has 1 fully saturated rings. The molecular weight excluding hydrogens is 264 g/mol. The van der Waals surface area contributed by atoms with Gasteiger partial charge in [-0.2, -0.15) is 0 Å². The summed E-state index contributed by atoms with van der Waals surface area (Å²) in [4.78, 5) is 2.02. The summed E-state index contributed by atoms with van der Waals surface area (Å²) in [6, 6.07) is 8.88. The highest BCUT2D eigenvalue weighted by Gasteiger charge is 2.32. The molecule has 1 atom stereocenters. The predicted octanol–water partition coefficient (Wildman–Crippen LogP) is 1.84. The van der Waals surface area contributed by atoms with Gasteiger partial charge in [-0.1, -0.05) is 12.1 Å². The fraction of sp³-hybridized carbons (Fsp3) is 0.647. The summed E-state index contributed by atoms with van der Waals surface area (Å²) in [7, 11) is 5.66. The second-order valence-electron chi connectivity index (χ2n) is 6.75. The van der Waals surface area contributed by atoms with E-state index < -0.39 is 5.60 Å². The second-order valence-corrected chi connectivity index (χ2v) is 6.75. The number of hydrogen-bond donors (Lipinski definition) is 2. The number of likely N-dealkylation sites (N-methyl/N-ethyl adjacent to an activating group) is 1. The van der Waals surface area contributed by atoms with Crippen molar-refractivity contribution in [1.82, 2.24) is 10.2 Å². The van der Waals surface area contributed by atoms with E-state index in [-0.39, 0.29) is 0 Å². The van der Waals surface area contributed by atoms with Gasteiger partial charge in [0.15, 0.2) is 0 Å². The van der Waals surface area contributed by atoms with Crippen LogP contribution in [-0.2, 0) is 0 Å². The fourth-order valence-electron chi connectivity index (χ4n) is 3.03. The van der Waals surface area contributed by atoms with Gasteiger partial charge in [-0.15, -0.1) is 0 Å². The number of ether oxygens (including phenoxy) is 1. The average molecular weight is 292 g/mol. The third-order valence-corrected chi connectivity index (χ3v) is 4.15. The molecule has 0 heterocycles. The third-order valence-electron chi connectivity index (χ3n) is 4.15. The Bertz CT molecular complexity index is 437. The van der Waals surface area contributed by atoms with Crippen LogP contribution in [0.2, 0.25) is 0 Å². The van der Waals surface area contributed by atoms with Crippen LogP contribution in [0, 0.1) is 0 Å². The Balaban J connectivity index is 1.73. The van der Waals surface area contributed by atoms with Gasteiger partial charge in [-0.05, 0) is 57.5 Å². The monoisotopic (exact) mass is 292 g/mol. The van der Waals surface area contributed by atoms with Crippen LogP contribution in [0.25, 0.3) is 0 Å². The van der Waals surface area contributed by atoms with E-state index in [1.54, 1.807) is 7.11 Å². The van der Waals surface area contributed by atoms with Crippen molar-refractivity contribution in [3.63, 3.8) is 0 Å². The number of hydrogen-bond acceptors (Lipinski definition) is 4. The van der Waals surface area contributed by atoms with Crippen LogP contribution in [0.4, 0.5) is 0 Å². The molecule has 4 nitrogen and oxygen atoms in total. The molecule has 0 saturated heterocycles. The summed E-state index contributed by atoms with van der Waals surface area (Å²) >= 11 is 0. The maximum Gasteiger partial charge on any atom is 0.118 e. The molecule has 21 heavy (non-hydrogen) atoms. The van der Waals surface area contributed by atoms with Crippen molar-refractivity contribution >= 4 is 0 Å². The molecule has 1 aliphatic rings. The molecule has 1 aromatic carbocycles. The van der Waals surface area contributed by atoms with Crippen LogP contribution in [0.1, 0.15) is 31.2 Å². The first-order valence-electron chi connectivity index (χ1n) is 7.64. The highest BCUT2D eigenvalue weighted by molar-refractivity contribution is 5.30. The van der Waals surface area contributed by atoms with Crippen LogP contribution in [-0.4, -0.2) is 55.9 Å². The lowest BCUT2D eigenvalue weighted by atomic mass is 9.75. The first-order valence-corrected chi connectivity index (χ1v) is 7.64. The Morgan fingerprint density at radius 1 is 1.29 bits per heavy atom. The van der Waals surface area contributed by atoms with Gasteiger partial charge in [-0.3, -0.25) is 0 Å². The van der Waals surface area contributed by atoms with E-state index >= 15 is 0 Å². The molecule has 118 valence electrons. The first-order chi connectivity index (χ1) is 9.89. The maximum atomic E-state index is 10.3. The van der Waals surface area contributed by atoms with E-state index in [9.17, 15) is 5.11 Å². The third kappa shape index (κ3) is 4.70. The van der Waals surface area contributed by atoms with E-state index in [0.717, 1.165) is 18.6 Å². The topological polar surface area (TPSA) is 44.7 Å². The van der Waals surface area contributed by atoms with Crippen molar-refractivity contribution in [2.75, 3.05) is 34.3 Å². The molecular formula is C17H28N2O2. The largest absolute Gasteiger partial charge is 0.497 e. The van der Waals surface area contributed by atoms with Gasteiger partial charge < -0.3 is 20.1 Å². The Hall–Kier alpha value is -1.10. The summed E-state index contributed by atoms with van der Waals surface area (Å²) in [5.74, 6) is 1.54. The van der Waals surface area contributed by atoms with E-state index in [2.05, 4.69) is 17.4 Å². The van der Waals surface area contributed by atoms with Crippen molar-refractivity contribution < 1.29 is 9.84 Å². The van der Waals surface area contributed by atoms with Crippen LogP contribution >= 0.6 is 0 Å². The Morgan fingerprint density at radius 3 is 2.43 bits per heavy atom. The SMILES string of the molecule is COc1ccc(C2CC(NCC(C)(O)CN(C)C)C2)cc1.